The second kappa shape index (κ2) is 13.2. The van der Waals surface area contributed by atoms with E-state index >= 15 is 0 Å². The summed E-state index contributed by atoms with van der Waals surface area (Å²) < 4.78 is 2.40. The maximum Gasteiger partial charge on any atom is 0.160 e. The molecule has 0 spiro atoms. The number of hydrogen-bond donors (Lipinski definition) is 0. The molecule has 12 rings (SSSR count). The predicted octanol–water partition coefficient (Wildman–Crippen LogP) is 14.9. The zero-order valence-corrected chi connectivity index (χ0v) is 33.4. The summed E-state index contributed by atoms with van der Waals surface area (Å²) in [6.07, 6.45) is 0. The van der Waals surface area contributed by atoms with Crippen molar-refractivity contribution in [2.75, 3.05) is 0 Å². The van der Waals surface area contributed by atoms with Gasteiger partial charge in [0.1, 0.15) is 0 Å². The average Bonchev–Trinajstić information content (AvgIpc) is 3.75. The van der Waals surface area contributed by atoms with Crippen molar-refractivity contribution in [1.29, 1.82) is 0 Å². The Kier molecular flexibility index (Phi) is 7.58. The van der Waals surface area contributed by atoms with Crippen molar-refractivity contribution >= 4 is 43.4 Å². The Balaban J connectivity index is 0.993. The van der Waals surface area contributed by atoms with E-state index in [1.165, 1.54) is 71.3 Å². The minimum atomic E-state index is -0.148. The molecule has 0 bridgehead atoms. The van der Waals surface area contributed by atoms with Crippen molar-refractivity contribution < 1.29 is 0 Å². The van der Waals surface area contributed by atoms with E-state index < -0.39 is 0 Å². The monoisotopic (exact) mass is 765 g/mol. The summed E-state index contributed by atoms with van der Waals surface area (Å²) in [4.78, 5) is 10.6. The molecule has 3 heteroatoms. The van der Waals surface area contributed by atoms with E-state index in [0.717, 1.165) is 39.2 Å². The fourth-order valence-corrected chi connectivity index (χ4v) is 9.73. The standard InChI is InChI=1S/C57H39N3/c1-57(2)49-22-13-21-46(55(49)48-33-38-18-9-10-19-39(38)34-50(48)57)52-35-51(58-56(59-52)37-16-7-4-8-17-37)43-25-24-41-31-44(28-26-40(41)30-43)60-53-23-12-11-20-45(53)47-32-42(27-29-54(47)60)36-14-5-3-6-15-36/h3-35H,1-2H3. The molecule has 1 aliphatic rings. The van der Waals surface area contributed by atoms with E-state index in [1.807, 2.05) is 6.07 Å². The number of nitrogens with zero attached hydrogens (tertiary/aromatic N) is 3. The van der Waals surface area contributed by atoms with Crippen LogP contribution in [0.3, 0.4) is 0 Å². The summed E-state index contributed by atoms with van der Waals surface area (Å²) in [6, 6.07) is 72.5. The first-order valence-corrected chi connectivity index (χ1v) is 20.7. The largest absolute Gasteiger partial charge is 0.309 e. The molecule has 0 unspecified atom stereocenters. The number of aromatic nitrogens is 3. The van der Waals surface area contributed by atoms with Gasteiger partial charge in [-0.15, -0.1) is 0 Å². The van der Waals surface area contributed by atoms with Crippen molar-refractivity contribution in [3.8, 4) is 61.8 Å². The van der Waals surface area contributed by atoms with Crippen LogP contribution in [0.4, 0.5) is 0 Å². The highest BCUT2D eigenvalue weighted by atomic mass is 15.0. The van der Waals surface area contributed by atoms with Gasteiger partial charge in [-0.25, -0.2) is 9.97 Å². The van der Waals surface area contributed by atoms with Gasteiger partial charge in [0.15, 0.2) is 5.82 Å². The third kappa shape index (κ3) is 5.36. The molecule has 2 heterocycles. The molecule has 3 nitrogen and oxygen atoms in total. The van der Waals surface area contributed by atoms with E-state index in [-0.39, 0.29) is 5.41 Å². The fraction of sp³-hybridized carbons (Fsp3) is 0.0526. The first-order valence-electron chi connectivity index (χ1n) is 20.7. The summed E-state index contributed by atoms with van der Waals surface area (Å²) in [7, 11) is 0. The van der Waals surface area contributed by atoms with Crippen LogP contribution in [-0.4, -0.2) is 14.5 Å². The van der Waals surface area contributed by atoms with Gasteiger partial charge < -0.3 is 4.57 Å². The van der Waals surface area contributed by atoms with Crippen molar-refractivity contribution in [2.24, 2.45) is 0 Å². The highest BCUT2D eigenvalue weighted by Gasteiger charge is 2.37. The molecule has 0 N–H and O–H groups in total. The SMILES string of the molecule is CC1(C)c2cc3ccccc3cc2-c2c(-c3cc(-c4ccc5cc(-n6c7ccccc7c7cc(-c8ccccc8)ccc76)ccc5c4)nc(-c4ccccc4)n3)cccc21. The van der Waals surface area contributed by atoms with Crippen molar-refractivity contribution in [1.82, 2.24) is 14.5 Å². The van der Waals surface area contributed by atoms with Crippen LogP contribution in [0, 0.1) is 0 Å². The van der Waals surface area contributed by atoms with Gasteiger partial charge in [0.05, 0.1) is 22.4 Å². The molecule has 0 saturated heterocycles. The van der Waals surface area contributed by atoms with Crippen LogP contribution in [-0.2, 0) is 5.41 Å². The van der Waals surface area contributed by atoms with Crippen LogP contribution in [0.2, 0.25) is 0 Å². The smallest absolute Gasteiger partial charge is 0.160 e. The number of fused-ring (bicyclic) bond motifs is 8. The molecular weight excluding hydrogens is 727 g/mol. The highest BCUT2D eigenvalue weighted by molar-refractivity contribution is 6.11. The molecule has 2 aromatic heterocycles. The number of para-hydroxylation sites is 1. The van der Waals surface area contributed by atoms with E-state index in [4.69, 9.17) is 9.97 Å². The molecule has 60 heavy (non-hydrogen) atoms. The lowest BCUT2D eigenvalue weighted by Crippen LogP contribution is -2.14. The molecule has 282 valence electrons. The van der Waals surface area contributed by atoms with Gasteiger partial charge in [-0.2, -0.15) is 0 Å². The lowest BCUT2D eigenvalue weighted by Gasteiger charge is -2.22. The predicted molar refractivity (Wildman–Crippen MR) is 251 cm³/mol. The third-order valence-corrected chi connectivity index (χ3v) is 12.8. The second-order valence-corrected chi connectivity index (χ2v) is 16.6. The Labute approximate surface area is 348 Å². The van der Waals surface area contributed by atoms with E-state index in [0.29, 0.717) is 5.82 Å². The molecule has 11 aromatic rings. The summed E-state index contributed by atoms with van der Waals surface area (Å²) in [5.41, 5.74) is 16.0. The first kappa shape index (κ1) is 34.4. The highest BCUT2D eigenvalue weighted by Crippen LogP contribution is 2.53. The van der Waals surface area contributed by atoms with Crippen LogP contribution in [0.15, 0.2) is 200 Å². The molecule has 9 aromatic carbocycles. The van der Waals surface area contributed by atoms with Crippen LogP contribution in [0.1, 0.15) is 25.0 Å². The maximum atomic E-state index is 5.32. The molecule has 0 fully saturated rings. The van der Waals surface area contributed by atoms with Gasteiger partial charge in [-0.3, -0.25) is 0 Å². The Morgan fingerprint density at radius 3 is 1.87 bits per heavy atom. The topological polar surface area (TPSA) is 30.7 Å². The van der Waals surface area contributed by atoms with Gasteiger partial charge in [-0.05, 0) is 110 Å². The van der Waals surface area contributed by atoms with Crippen molar-refractivity contribution in [3.05, 3.63) is 211 Å². The van der Waals surface area contributed by atoms with Crippen LogP contribution >= 0.6 is 0 Å². The summed E-state index contributed by atoms with van der Waals surface area (Å²) in [5, 5.41) is 7.35. The fourth-order valence-electron chi connectivity index (χ4n) is 9.73. The van der Waals surface area contributed by atoms with Gasteiger partial charge in [-0.1, -0.05) is 159 Å². The molecule has 1 aliphatic carbocycles. The normalized spacial score (nSPS) is 13.0. The summed E-state index contributed by atoms with van der Waals surface area (Å²) in [5.74, 6) is 0.717. The third-order valence-electron chi connectivity index (χ3n) is 12.8. The molecule has 0 amide bonds. The zero-order chi connectivity index (χ0) is 40.0. The quantitative estimate of drug-likeness (QED) is 0.175. The van der Waals surface area contributed by atoms with Gasteiger partial charge in [0.25, 0.3) is 0 Å². The Morgan fingerprint density at radius 2 is 1.03 bits per heavy atom. The Morgan fingerprint density at radius 1 is 0.383 bits per heavy atom. The maximum absolute atomic E-state index is 5.32. The van der Waals surface area contributed by atoms with E-state index in [2.05, 4.69) is 213 Å². The molecule has 0 aliphatic heterocycles. The average molecular weight is 766 g/mol. The zero-order valence-electron chi connectivity index (χ0n) is 33.4. The second-order valence-electron chi connectivity index (χ2n) is 16.6. The van der Waals surface area contributed by atoms with Crippen LogP contribution < -0.4 is 0 Å². The van der Waals surface area contributed by atoms with Gasteiger partial charge in [0.2, 0.25) is 0 Å². The number of hydrogen-bond acceptors (Lipinski definition) is 2. The van der Waals surface area contributed by atoms with Crippen LogP contribution in [0.5, 0.6) is 0 Å². The minimum Gasteiger partial charge on any atom is -0.309 e. The Hall–Kier alpha value is -7.62. The molecular formula is C57H39N3. The van der Waals surface area contributed by atoms with Crippen molar-refractivity contribution in [3.63, 3.8) is 0 Å². The lowest BCUT2D eigenvalue weighted by atomic mass is 9.81. The lowest BCUT2D eigenvalue weighted by molar-refractivity contribution is 0.661. The molecule has 0 atom stereocenters. The minimum absolute atomic E-state index is 0.148. The van der Waals surface area contributed by atoms with Crippen LogP contribution in [0.25, 0.3) is 105 Å². The number of rotatable bonds is 5. The van der Waals surface area contributed by atoms with Gasteiger partial charge >= 0.3 is 0 Å². The van der Waals surface area contributed by atoms with Gasteiger partial charge in [0, 0.05) is 38.6 Å². The summed E-state index contributed by atoms with van der Waals surface area (Å²) >= 11 is 0. The molecule has 0 radical (unpaired) electrons. The molecule has 0 saturated carbocycles. The van der Waals surface area contributed by atoms with Crippen molar-refractivity contribution in [2.45, 2.75) is 19.3 Å². The number of benzene rings is 9. The summed E-state index contributed by atoms with van der Waals surface area (Å²) in [6.45, 7) is 4.70. The first-order chi connectivity index (χ1) is 29.5. The van der Waals surface area contributed by atoms with E-state index in [1.54, 1.807) is 0 Å². The van der Waals surface area contributed by atoms with E-state index in [9.17, 15) is 0 Å². The Bertz CT molecular complexity index is 3500.